The predicted molar refractivity (Wildman–Crippen MR) is 106 cm³/mol. The molecule has 3 nitrogen and oxygen atoms in total. The molecule has 4 rings (SSSR count). The van der Waals surface area contributed by atoms with Crippen molar-refractivity contribution < 1.29 is 9.18 Å². The molecule has 0 radical (unpaired) electrons. The van der Waals surface area contributed by atoms with E-state index in [1.165, 1.54) is 59.2 Å². The van der Waals surface area contributed by atoms with E-state index in [1.807, 2.05) is 6.07 Å². The van der Waals surface area contributed by atoms with E-state index in [0.717, 1.165) is 36.9 Å². The van der Waals surface area contributed by atoms with Crippen molar-refractivity contribution in [3.63, 3.8) is 0 Å². The van der Waals surface area contributed by atoms with Crippen LogP contribution in [0, 0.1) is 5.82 Å². The van der Waals surface area contributed by atoms with Crippen molar-refractivity contribution in [2.45, 2.75) is 38.5 Å². The molecule has 0 fully saturated rings. The van der Waals surface area contributed by atoms with Gasteiger partial charge in [-0.3, -0.25) is 4.72 Å². The number of halogens is 1. The van der Waals surface area contributed by atoms with Gasteiger partial charge in [0.1, 0.15) is 5.82 Å². The molecule has 0 unspecified atom stereocenters. The van der Waals surface area contributed by atoms with Gasteiger partial charge in [0.2, 0.25) is 0 Å². The van der Waals surface area contributed by atoms with Gasteiger partial charge in [-0.1, -0.05) is 18.2 Å². The number of anilines is 1. The lowest BCUT2D eigenvalue weighted by Crippen LogP contribution is -2.23. The number of benzene rings is 2. The minimum Gasteiger partial charge on any atom is -0.307 e. The second kappa shape index (κ2) is 7.54. The molecule has 0 bridgehead atoms. The van der Waals surface area contributed by atoms with Crippen LogP contribution in [0.4, 0.5) is 14.9 Å². The summed E-state index contributed by atoms with van der Waals surface area (Å²) >= 11 is 1.18. The van der Waals surface area contributed by atoms with Crippen LogP contribution in [0.3, 0.4) is 0 Å². The molecule has 2 aliphatic carbocycles. The number of fused-ring (bicyclic) bond motifs is 2. The SMILES string of the molecule is O=C(NS/C=C/c1cccc(F)c1)Nc1c2c(cc3c1CCC3)CCC2. The van der Waals surface area contributed by atoms with E-state index < -0.39 is 0 Å². The molecule has 26 heavy (non-hydrogen) atoms. The van der Waals surface area contributed by atoms with E-state index in [-0.39, 0.29) is 11.8 Å². The maximum atomic E-state index is 13.1. The van der Waals surface area contributed by atoms with Gasteiger partial charge in [0.15, 0.2) is 0 Å². The summed E-state index contributed by atoms with van der Waals surface area (Å²) in [5, 5.41) is 4.83. The quantitative estimate of drug-likeness (QED) is 0.724. The normalized spacial score (nSPS) is 15.1. The minimum absolute atomic E-state index is 0.215. The highest BCUT2D eigenvalue weighted by molar-refractivity contribution is 8.00. The summed E-state index contributed by atoms with van der Waals surface area (Å²) in [7, 11) is 0. The molecule has 134 valence electrons. The molecule has 0 aliphatic heterocycles. The zero-order chi connectivity index (χ0) is 17.9. The van der Waals surface area contributed by atoms with Gasteiger partial charge in [-0.25, -0.2) is 9.18 Å². The highest BCUT2D eigenvalue weighted by Crippen LogP contribution is 2.38. The molecule has 2 N–H and O–H groups in total. The molecule has 5 heteroatoms. The van der Waals surface area contributed by atoms with Gasteiger partial charge in [0.25, 0.3) is 0 Å². The van der Waals surface area contributed by atoms with E-state index >= 15 is 0 Å². The molecule has 0 heterocycles. The number of hydrogen-bond acceptors (Lipinski definition) is 2. The third-order valence-electron chi connectivity index (χ3n) is 5.04. The Labute approximate surface area is 157 Å². The summed E-state index contributed by atoms with van der Waals surface area (Å²) in [4.78, 5) is 12.3. The average Bonchev–Trinajstić information content (AvgIpc) is 3.27. The van der Waals surface area contributed by atoms with Crippen molar-refractivity contribution in [1.82, 2.24) is 4.72 Å². The number of amides is 2. The second-order valence-corrected chi connectivity index (χ2v) is 7.48. The molecular formula is C21H21FN2OS. The fraction of sp³-hybridized carbons (Fsp3) is 0.286. The summed E-state index contributed by atoms with van der Waals surface area (Å²) in [6.45, 7) is 0. The molecule has 0 aromatic heterocycles. The number of nitrogens with one attached hydrogen (secondary N) is 2. The highest BCUT2D eigenvalue weighted by Gasteiger charge is 2.24. The Balaban J connectivity index is 1.40. The Kier molecular flexibility index (Phi) is 4.98. The molecule has 0 saturated carbocycles. The molecule has 2 amide bonds. The lowest BCUT2D eigenvalue weighted by molar-refractivity contribution is 0.257. The smallest absolute Gasteiger partial charge is 0.307 e. The fourth-order valence-corrected chi connectivity index (χ4v) is 4.37. The molecule has 2 aromatic rings. The second-order valence-electron chi connectivity index (χ2n) is 6.77. The first-order chi connectivity index (χ1) is 12.7. The zero-order valence-corrected chi connectivity index (χ0v) is 15.3. The van der Waals surface area contributed by atoms with Crippen molar-refractivity contribution in [2.24, 2.45) is 0 Å². The summed E-state index contributed by atoms with van der Waals surface area (Å²) in [6.07, 6.45) is 8.43. The third-order valence-corrected chi connectivity index (χ3v) is 5.62. The Morgan fingerprint density at radius 2 is 1.77 bits per heavy atom. The monoisotopic (exact) mass is 368 g/mol. The van der Waals surface area contributed by atoms with Crippen LogP contribution in [-0.2, 0) is 25.7 Å². The van der Waals surface area contributed by atoms with Crippen molar-refractivity contribution in [3.8, 4) is 0 Å². The number of carbonyl (C=O) groups excluding carboxylic acids is 1. The zero-order valence-electron chi connectivity index (χ0n) is 14.5. The van der Waals surface area contributed by atoms with Crippen LogP contribution in [0.5, 0.6) is 0 Å². The molecule has 0 atom stereocenters. The molecule has 2 aromatic carbocycles. The molecule has 0 saturated heterocycles. The van der Waals surface area contributed by atoms with Crippen LogP contribution in [-0.4, -0.2) is 6.03 Å². The summed E-state index contributed by atoms with van der Waals surface area (Å²) < 4.78 is 15.9. The van der Waals surface area contributed by atoms with Crippen LogP contribution in [0.15, 0.2) is 35.7 Å². The number of aryl methyl sites for hydroxylation is 2. The van der Waals surface area contributed by atoms with E-state index in [1.54, 1.807) is 17.6 Å². The van der Waals surface area contributed by atoms with Crippen molar-refractivity contribution in [1.29, 1.82) is 0 Å². The Bertz CT molecular complexity index is 846. The highest BCUT2D eigenvalue weighted by atomic mass is 32.2. The van der Waals surface area contributed by atoms with Crippen LogP contribution in [0.2, 0.25) is 0 Å². The molecule has 2 aliphatic rings. The summed E-state index contributed by atoms with van der Waals surface area (Å²) in [5.74, 6) is -0.269. The van der Waals surface area contributed by atoms with Gasteiger partial charge >= 0.3 is 6.03 Å². The van der Waals surface area contributed by atoms with Crippen LogP contribution in [0.1, 0.15) is 40.7 Å². The van der Waals surface area contributed by atoms with Crippen molar-refractivity contribution in [3.05, 3.63) is 69.4 Å². The first kappa shape index (κ1) is 17.2. The van der Waals surface area contributed by atoms with Crippen LogP contribution >= 0.6 is 11.9 Å². The van der Waals surface area contributed by atoms with Crippen molar-refractivity contribution >= 4 is 29.7 Å². The third kappa shape index (κ3) is 3.63. The number of urea groups is 1. The fourth-order valence-electron chi connectivity index (χ4n) is 3.92. The van der Waals surface area contributed by atoms with E-state index in [4.69, 9.17) is 0 Å². The van der Waals surface area contributed by atoms with Gasteiger partial charge in [-0.2, -0.15) is 0 Å². The maximum Gasteiger partial charge on any atom is 0.329 e. The first-order valence-electron chi connectivity index (χ1n) is 9.02. The van der Waals surface area contributed by atoms with E-state index in [2.05, 4.69) is 16.1 Å². The van der Waals surface area contributed by atoms with Gasteiger partial charge < -0.3 is 5.32 Å². The van der Waals surface area contributed by atoms with Gasteiger partial charge in [0.05, 0.1) is 0 Å². The maximum absolute atomic E-state index is 13.1. The predicted octanol–water partition coefficient (Wildman–Crippen LogP) is 5.24. The van der Waals surface area contributed by atoms with Crippen LogP contribution < -0.4 is 10.0 Å². The Morgan fingerprint density at radius 1 is 1.04 bits per heavy atom. The van der Waals surface area contributed by atoms with E-state index in [0.29, 0.717) is 0 Å². The Hall–Kier alpha value is -2.27. The Morgan fingerprint density at radius 3 is 2.46 bits per heavy atom. The summed E-state index contributed by atoms with van der Waals surface area (Å²) in [5.41, 5.74) is 7.25. The van der Waals surface area contributed by atoms with Crippen molar-refractivity contribution in [2.75, 3.05) is 5.32 Å². The van der Waals surface area contributed by atoms with Gasteiger partial charge in [0, 0.05) is 5.69 Å². The minimum atomic E-state index is -0.269. The first-order valence-corrected chi connectivity index (χ1v) is 9.90. The topological polar surface area (TPSA) is 41.1 Å². The summed E-state index contributed by atoms with van der Waals surface area (Å²) in [6, 6.07) is 8.48. The standard InChI is InChI=1S/C21H21FN2OS/c22-17-7-1-4-14(12-17)10-11-26-24-21(25)23-20-18-8-2-5-15(18)13-16-6-3-9-19(16)20/h1,4,7,10-13H,2-3,5-6,8-9H2,(H2,23,24,25)/b11-10+. The number of rotatable bonds is 4. The van der Waals surface area contributed by atoms with E-state index in [9.17, 15) is 9.18 Å². The lowest BCUT2D eigenvalue weighted by atomic mass is 9.99. The van der Waals surface area contributed by atoms with Gasteiger partial charge in [-0.05, 0) is 102 Å². The van der Waals surface area contributed by atoms with Crippen LogP contribution in [0.25, 0.3) is 6.08 Å². The largest absolute Gasteiger partial charge is 0.329 e. The van der Waals surface area contributed by atoms with Gasteiger partial charge in [-0.15, -0.1) is 0 Å². The molecular weight excluding hydrogens is 347 g/mol. The number of hydrogen-bond donors (Lipinski definition) is 2. The average molecular weight is 368 g/mol. The molecule has 0 spiro atoms. The number of carbonyl (C=O) groups is 1. The lowest BCUT2D eigenvalue weighted by Gasteiger charge is -2.16.